The Hall–Kier alpha value is -2.61. The second kappa shape index (κ2) is 8.60. The Morgan fingerprint density at radius 3 is 2.07 bits per heavy atom. The Balaban J connectivity index is 0.000000292. The summed E-state index contributed by atoms with van der Waals surface area (Å²) in [5, 5.41) is 9.45. The van der Waals surface area contributed by atoms with E-state index in [9.17, 15) is 26.7 Å². The molecule has 0 aliphatic carbocycles. The lowest BCUT2D eigenvalue weighted by atomic mass is 10.2. The van der Waals surface area contributed by atoms with E-state index in [0.29, 0.717) is 5.56 Å². The highest BCUT2D eigenvalue weighted by molar-refractivity contribution is 7.86. The number of nitrogens with zero attached hydrogens (tertiary/aromatic N) is 1. The molecular formula is C15H21N3O8S2. The van der Waals surface area contributed by atoms with Gasteiger partial charge in [-0.3, -0.25) is 18.5 Å². The molecule has 0 aliphatic rings. The summed E-state index contributed by atoms with van der Waals surface area (Å²) in [5.41, 5.74) is 10.5. The molecule has 2 rings (SSSR count). The number of nitrogens with two attached hydrogens (primary N) is 2. The van der Waals surface area contributed by atoms with Crippen molar-refractivity contribution in [3.05, 3.63) is 45.7 Å². The number of anilines is 2. The molecule has 0 unspecified atom stereocenters. The number of benzene rings is 1. The first-order valence-electron chi connectivity index (χ1n) is 7.67. The Labute approximate surface area is 161 Å². The lowest BCUT2D eigenvalue weighted by Gasteiger charge is -2.10. The zero-order valence-electron chi connectivity index (χ0n) is 15.0. The van der Waals surface area contributed by atoms with Gasteiger partial charge in [0.05, 0.1) is 5.69 Å². The van der Waals surface area contributed by atoms with Gasteiger partial charge in [-0.25, -0.2) is 0 Å². The molecule has 156 valence electrons. The maximum Gasteiger partial charge on any atom is 0.296 e. The van der Waals surface area contributed by atoms with Crippen LogP contribution in [-0.2, 0) is 32.5 Å². The Bertz CT molecular complexity index is 1140. The van der Waals surface area contributed by atoms with Gasteiger partial charge in [0, 0.05) is 23.9 Å². The van der Waals surface area contributed by atoms with Crippen molar-refractivity contribution in [3.63, 3.8) is 0 Å². The molecule has 0 radical (unpaired) electrons. The number of aryl methyl sites for hydroxylation is 1. The molecule has 13 heteroatoms. The Kier molecular flexibility index (Phi) is 7.20. The predicted molar refractivity (Wildman–Crippen MR) is 103 cm³/mol. The van der Waals surface area contributed by atoms with Gasteiger partial charge in [-0.15, -0.1) is 0 Å². The van der Waals surface area contributed by atoms with E-state index < -0.39 is 31.5 Å². The van der Waals surface area contributed by atoms with Crippen molar-refractivity contribution in [2.75, 3.05) is 11.5 Å². The quantitative estimate of drug-likeness (QED) is 0.329. The summed E-state index contributed by atoms with van der Waals surface area (Å²) in [6.07, 6.45) is 0. The summed E-state index contributed by atoms with van der Waals surface area (Å²) < 4.78 is 61.1. The van der Waals surface area contributed by atoms with Crippen LogP contribution in [0.2, 0.25) is 0 Å². The van der Waals surface area contributed by atoms with Crippen LogP contribution in [-0.4, -0.2) is 35.6 Å². The predicted octanol–water partition coefficient (Wildman–Crippen LogP) is 0.368. The lowest BCUT2D eigenvalue weighted by molar-refractivity contribution is 0.409. The van der Waals surface area contributed by atoms with Crippen LogP contribution in [0, 0.1) is 6.92 Å². The number of aromatic nitrogens is 1. The molecule has 28 heavy (non-hydrogen) atoms. The molecule has 0 bridgehead atoms. The fraction of sp³-hybridized carbons (Fsp3) is 0.267. The van der Waals surface area contributed by atoms with Gasteiger partial charge >= 0.3 is 0 Å². The summed E-state index contributed by atoms with van der Waals surface area (Å²) >= 11 is 0. The molecule has 1 aromatic heterocycles. The molecule has 0 amide bonds. The van der Waals surface area contributed by atoms with Gasteiger partial charge < -0.3 is 16.6 Å². The highest BCUT2D eigenvalue weighted by Gasteiger charge is 2.16. The van der Waals surface area contributed by atoms with E-state index in [-0.39, 0.29) is 34.3 Å². The van der Waals surface area contributed by atoms with E-state index in [1.807, 2.05) is 0 Å². The average molecular weight is 435 g/mol. The van der Waals surface area contributed by atoms with Crippen LogP contribution in [0.5, 0.6) is 5.88 Å². The van der Waals surface area contributed by atoms with Crippen molar-refractivity contribution in [2.24, 2.45) is 0 Å². The first-order chi connectivity index (χ1) is 12.7. The molecule has 0 saturated carbocycles. The van der Waals surface area contributed by atoms with Crippen molar-refractivity contribution >= 4 is 31.6 Å². The van der Waals surface area contributed by atoms with E-state index in [2.05, 4.69) is 0 Å². The second-order valence-electron chi connectivity index (χ2n) is 5.71. The van der Waals surface area contributed by atoms with Gasteiger partial charge in [-0.1, -0.05) is 0 Å². The van der Waals surface area contributed by atoms with Crippen LogP contribution in [0.25, 0.3) is 0 Å². The summed E-state index contributed by atoms with van der Waals surface area (Å²) in [6, 6.07) is 5.17. The van der Waals surface area contributed by atoms with Crippen molar-refractivity contribution < 1.29 is 31.0 Å². The standard InChI is InChI=1S/C9H13NO5S.C6H8N2O3S/c1-3-10-8(11)4-6(2)7(9(10)12)5-16(13,14)15;7-4-1-2-5(8)6(3-4)12(9,10)11/h4,11H,3,5H2,1-2H3,(H,13,14,15);1-3H,7-8H2,(H,9,10,11). The highest BCUT2D eigenvalue weighted by Crippen LogP contribution is 2.20. The van der Waals surface area contributed by atoms with Gasteiger partial charge in [0.2, 0.25) is 0 Å². The van der Waals surface area contributed by atoms with E-state index >= 15 is 0 Å². The van der Waals surface area contributed by atoms with E-state index in [1.54, 1.807) is 6.92 Å². The summed E-state index contributed by atoms with van der Waals surface area (Å²) in [5.74, 6) is -0.957. The molecule has 11 nitrogen and oxygen atoms in total. The average Bonchev–Trinajstić information content (AvgIpc) is 2.53. The lowest BCUT2D eigenvalue weighted by Crippen LogP contribution is -2.25. The minimum Gasteiger partial charge on any atom is -0.494 e. The number of rotatable bonds is 4. The van der Waals surface area contributed by atoms with Crippen LogP contribution in [0.15, 0.2) is 34.0 Å². The number of nitrogen functional groups attached to an aromatic ring is 2. The van der Waals surface area contributed by atoms with Crippen LogP contribution in [0.3, 0.4) is 0 Å². The Morgan fingerprint density at radius 1 is 1.07 bits per heavy atom. The SMILES string of the molecule is CCn1c(O)cc(C)c(CS(=O)(=O)O)c1=O.Nc1ccc(N)c(S(=O)(=O)O)c1. The Morgan fingerprint density at radius 2 is 1.64 bits per heavy atom. The monoisotopic (exact) mass is 435 g/mol. The fourth-order valence-corrected chi connectivity index (χ4v) is 3.60. The molecular weight excluding hydrogens is 414 g/mol. The number of pyridine rings is 1. The molecule has 7 N–H and O–H groups in total. The third-order valence-corrected chi connectivity index (χ3v) is 5.12. The molecule has 0 spiro atoms. The molecule has 0 fully saturated rings. The smallest absolute Gasteiger partial charge is 0.296 e. The van der Waals surface area contributed by atoms with Gasteiger partial charge in [-0.2, -0.15) is 16.8 Å². The van der Waals surface area contributed by atoms with Crippen LogP contribution in [0.4, 0.5) is 11.4 Å². The first-order valence-corrected chi connectivity index (χ1v) is 10.7. The zero-order valence-corrected chi connectivity index (χ0v) is 16.7. The van der Waals surface area contributed by atoms with E-state index in [1.165, 1.54) is 25.1 Å². The molecule has 0 aliphatic heterocycles. The number of hydrogen-bond donors (Lipinski definition) is 5. The minimum absolute atomic E-state index is 0.0216. The third kappa shape index (κ3) is 6.23. The molecule has 1 aromatic carbocycles. The number of hydrogen-bond acceptors (Lipinski definition) is 8. The summed E-state index contributed by atoms with van der Waals surface area (Å²) in [6.45, 7) is 3.37. The van der Waals surface area contributed by atoms with Crippen molar-refractivity contribution in [1.29, 1.82) is 0 Å². The number of aromatic hydroxyl groups is 1. The second-order valence-corrected chi connectivity index (χ2v) is 8.55. The van der Waals surface area contributed by atoms with Crippen LogP contribution < -0.4 is 17.0 Å². The van der Waals surface area contributed by atoms with Crippen molar-refractivity contribution in [2.45, 2.75) is 31.0 Å². The zero-order chi connectivity index (χ0) is 21.9. The van der Waals surface area contributed by atoms with Crippen molar-refractivity contribution in [3.8, 4) is 5.88 Å². The van der Waals surface area contributed by atoms with E-state index in [4.69, 9.17) is 20.6 Å². The van der Waals surface area contributed by atoms with Gasteiger partial charge in [0.25, 0.3) is 25.8 Å². The van der Waals surface area contributed by atoms with Crippen molar-refractivity contribution in [1.82, 2.24) is 4.57 Å². The minimum atomic E-state index is -4.26. The first kappa shape index (κ1) is 23.4. The third-order valence-electron chi connectivity index (χ3n) is 3.56. The topological polar surface area (TPSA) is 203 Å². The largest absolute Gasteiger partial charge is 0.494 e. The fourth-order valence-electron chi connectivity index (χ4n) is 2.23. The van der Waals surface area contributed by atoms with Crippen LogP contribution >= 0.6 is 0 Å². The molecule has 1 heterocycles. The van der Waals surface area contributed by atoms with E-state index in [0.717, 1.165) is 10.6 Å². The van der Waals surface area contributed by atoms with Gasteiger partial charge in [-0.05, 0) is 37.6 Å². The maximum atomic E-state index is 11.7. The molecule has 2 aromatic rings. The van der Waals surface area contributed by atoms with Gasteiger partial charge in [0.1, 0.15) is 10.6 Å². The molecule has 0 atom stereocenters. The normalized spacial score (nSPS) is 11.6. The summed E-state index contributed by atoms with van der Waals surface area (Å²) in [7, 11) is -8.52. The van der Waals surface area contributed by atoms with Gasteiger partial charge in [0.15, 0.2) is 5.88 Å². The van der Waals surface area contributed by atoms with Crippen LogP contribution in [0.1, 0.15) is 18.1 Å². The summed E-state index contributed by atoms with van der Waals surface area (Å²) in [4.78, 5) is 11.4. The maximum absolute atomic E-state index is 11.7. The molecule has 0 saturated heterocycles. The highest BCUT2D eigenvalue weighted by atomic mass is 32.2.